The molecule has 0 aromatic carbocycles. The van der Waals surface area contributed by atoms with Gasteiger partial charge in [-0.05, 0) is 25.7 Å². The summed E-state index contributed by atoms with van der Waals surface area (Å²) in [6, 6.07) is -0.751. The van der Waals surface area contributed by atoms with E-state index in [0.717, 1.165) is 12.1 Å². The number of rotatable bonds is 6. The van der Waals surface area contributed by atoms with Crippen LogP contribution in [-0.4, -0.2) is 56.0 Å². The molecule has 1 aromatic rings. The first kappa shape index (κ1) is 19.0. The van der Waals surface area contributed by atoms with Gasteiger partial charge in [0, 0.05) is 31.1 Å². The third-order valence-electron chi connectivity index (χ3n) is 4.63. The third kappa shape index (κ3) is 4.37. The van der Waals surface area contributed by atoms with E-state index in [9.17, 15) is 15.0 Å². The van der Waals surface area contributed by atoms with E-state index < -0.39 is 18.2 Å². The zero-order valence-corrected chi connectivity index (χ0v) is 14.6. The number of hydrogen-bond donors (Lipinski definition) is 4. The lowest BCUT2D eigenvalue weighted by molar-refractivity contribution is 0.00860. The van der Waals surface area contributed by atoms with Crippen LogP contribution >= 0.6 is 12.4 Å². The van der Waals surface area contributed by atoms with Gasteiger partial charge in [-0.3, -0.25) is 4.68 Å². The second-order valence-corrected chi connectivity index (χ2v) is 6.62. The molecular formula is C15H26ClN5O3. The summed E-state index contributed by atoms with van der Waals surface area (Å²) in [5, 5.41) is 34.1. The highest BCUT2D eigenvalue weighted by atomic mass is 35.5. The maximum Gasteiger partial charge on any atom is 0.315 e. The van der Waals surface area contributed by atoms with Crippen LogP contribution in [0, 0.1) is 5.92 Å². The van der Waals surface area contributed by atoms with Gasteiger partial charge in [0.25, 0.3) is 0 Å². The predicted molar refractivity (Wildman–Crippen MR) is 90.0 cm³/mol. The normalized spacial score (nSPS) is 29.1. The smallest absolute Gasteiger partial charge is 0.315 e. The Kier molecular flexibility index (Phi) is 6.42. The third-order valence-corrected chi connectivity index (χ3v) is 4.63. The van der Waals surface area contributed by atoms with Gasteiger partial charge in [0.15, 0.2) is 0 Å². The van der Waals surface area contributed by atoms with Gasteiger partial charge in [-0.2, -0.15) is 0 Å². The molecule has 2 aliphatic carbocycles. The molecule has 4 N–H and O–H groups in total. The summed E-state index contributed by atoms with van der Waals surface area (Å²) in [4.78, 5) is 11.7. The number of nitrogens with zero attached hydrogens (tertiary/aromatic N) is 3. The Morgan fingerprint density at radius 3 is 2.79 bits per heavy atom. The number of carbonyl (C=O) groups excluding carboxylic acids is 1. The largest absolute Gasteiger partial charge is 0.390 e. The van der Waals surface area contributed by atoms with Gasteiger partial charge in [0.05, 0.1) is 17.8 Å². The van der Waals surface area contributed by atoms with Crippen molar-refractivity contribution < 1.29 is 15.0 Å². The van der Waals surface area contributed by atoms with Crippen LogP contribution in [0.5, 0.6) is 0 Å². The maximum atomic E-state index is 11.7. The van der Waals surface area contributed by atoms with Crippen LogP contribution in [0.3, 0.4) is 0 Å². The zero-order chi connectivity index (χ0) is 16.4. The summed E-state index contributed by atoms with van der Waals surface area (Å²) in [5.74, 6) is 0.384. The Balaban J connectivity index is 0.00000208. The van der Waals surface area contributed by atoms with Gasteiger partial charge in [-0.25, -0.2) is 4.79 Å². The van der Waals surface area contributed by atoms with Crippen LogP contribution in [0.2, 0.25) is 0 Å². The summed E-state index contributed by atoms with van der Waals surface area (Å²) >= 11 is 0. The standard InChI is InChI=1S/C15H25N5O3.ClH/c1-2-5-16-15(23)17-11-6-10(13(21)14(11)22)7-20-8-12(18-19-20)9-3-4-9;/h8-11,13-14,21-22H,2-7H2,1H3,(H2,16,17,23);1H/t10-,11-,13-,14+;/m1./s1. The van der Waals surface area contributed by atoms with E-state index in [1.165, 1.54) is 12.8 Å². The van der Waals surface area contributed by atoms with Crippen molar-refractivity contribution >= 4 is 18.4 Å². The summed E-state index contributed by atoms with van der Waals surface area (Å²) in [7, 11) is 0. The van der Waals surface area contributed by atoms with Crippen molar-refractivity contribution in [2.75, 3.05) is 6.54 Å². The van der Waals surface area contributed by atoms with E-state index >= 15 is 0 Å². The van der Waals surface area contributed by atoms with Crippen LogP contribution in [0.4, 0.5) is 4.79 Å². The Hall–Kier alpha value is -1.38. The van der Waals surface area contributed by atoms with E-state index in [2.05, 4.69) is 20.9 Å². The molecule has 9 heteroatoms. The van der Waals surface area contributed by atoms with E-state index in [-0.39, 0.29) is 24.4 Å². The minimum absolute atomic E-state index is 0. The number of aliphatic hydroxyl groups excluding tert-OH is 2. The number of aliphatic hydroxyl groups is 2. The fraction of sp³-hybridized carbons (Fsp3) is 0.800. The van der Waals surface area contributed by atoms with Crippen LogP contribution in [0.15, 0.2) is 6.20 Å². The lowest BCUT2D eigenvalue weighted by atomic mass is 10.1. The molecule has 0 unspecified atom stereocenters. The van der Waals surface area contributed by atoms with Crippen molar-refractivity contribution in [3.8, 4) is 0 Å². The van der Waals surface area contributed by atoms with Gasteiger partial charge in [-0.15, -0.1) is 17.5 Å². The van der Waals surface area contributed by atoms with Crippen LogP contribution in [0.25, 0.3) is 0 Å². The molecule has 2 saturated carbocycles. The average molecular weight is 360 g/mol. The molecule has 2 aliphatic rings. The molecule has 0 bridgehead atoms. The first-order chi connectivity index (χ1) is 11.1. The number of aromatic nitrogens is 3. The molecule has 1 heterocycles. The zero-order valence-electron chi connectivity index (χ0n) is 13.8. The molecule has 0 radical (unpaired) electrons. The van der Waals surface area contributed by atoms with Crippen LogP contribution in [-0.2, 0) is 6.54 Å². The molecule has 2 amide bonds. The molecule has 0 aliphatic heterocycles. The fourth-order valence-corrected chi connectivity index (χ4v) is 3.12. The maximum absolute atomic E-state index is 11.7. The van der Waals surface area contributed by atoms with Crippen molar-refractivity contribution in [1.29, 1.82) is 0 Å². The first-order valence-electron chi connectivity index (χ1n) is 8.39. The van der Waals surface area contributed by atoms with Crippen molar-refractivity contribution in [2.24, 2.45) is 5.92 Å². The van der Waals surface area contributed by atoms with Gasteiger partial charge in [0.1, 0.15) is 6.10 Å². The highest BCUT2D eigenvalue weighted by Gasteiger charge is 2.42. The SMILES string of the molecule is CCCNC(=O)N[C@@H]1C[C@H](Cn2cc(C3CC3)nn2)[C@@H](O)[C@H]1O.Cl. The topological polar surface area (TPSA) is 112 Å². The fourth-order valence-electron chi connectivity index (χ4n) is 3.12. The molecule has 136 valence electrons. The minimum atomic E-state index is -0.959. The lowest BCUT2D eigenvalue weighted by Gasteiger charge is -2.18. The highest BCUT2D eigenvalue weighted by Crippen LogP contribution is 2.38. The number of amides is 2. The molecule has 8 nitrogen and oxygen atoms in total. The molecule has 2 fully saturated rings. The summed E-state index contributed by atoms with van der Waals surface area (Å²) in [6.45, 7) is 3.05. The number of hydrogen-bond acceptors (Lipinski definition) is 5. The Labute approximate surface area is 147 Å². The van der Waals surface area contributed by atoms with Crippen LogP contribution < -0.4 is 10.6 Å². The van der Waals surface area contributed by atoms with E-state index in [1.807, 2.05) is 13.1 Å². The summed E-state index contributed by atoms with van der Waals surface area (Å²) in [6.07, 6.45) is 3.79. The minimum Gasteiger partial charge on any atom is -0.390 e. The van der Waals surface area contributed by atoms with E-state index in [4.69, 9.17) is 0 Å². The lowest BCUT2D eigenvalue weighted by Crippen LogP contribution is -2.47. The van der Waals surface area contributed by atoms with E-state index in [1.54, 1.807) is 4.68 Å². The monoisotopic (exact) mass is 359 g/mol. The molecule has 4 atom stereocenters. The van der Waals surface area contributed by atoms with Crippen molar-refractivity contribution in [3.05, 3.63) is 11.9 Å². The highest BCUT2D eigenvalue weighted by molar-refractivity contribution is 5.85. The van der Waals surface area contributed by atoms with Gasteiger partial charge in [-0.1, -0.05) is 12.1 Å². The Morgan fingerprint density at radius 1 is 1.38 bits per heavy atom. The molecule has 0 saturated heterocycles. The van der Waals surface area contributed by atoms with Crippen molar-refractivity contribution in [2.45, 2.75) is 63.3 Å². The summed E-state index contributed by atoms with van der Waals surface area (Å²) < 4.78 is 1.73. The Morgan fingerprint density at radius 2 is 2.12 bits per heavy atom. The molecule has 0 spiro atoms. The summed E-state index contributed by atoms with van der Waals surface area (Å²) in [5.41, 5.74) is 1.01. The second kappa shape index (κ2) is 8.13. The Bertz CT molecular complexity index is 551. The second-order valence-electron chi connectivity index (χ2n) is 6.62. The first-order valence-corrected chi connectivity index (χ1v) is 8.39. The molecule has 3 rings (SSSR count). The molecule has 24 heavy (non-hydrogen) atoms. The van der Waals surface area contributed by atoms with Gasteiger partial charge < -0.3 is 20.8 Å². The van der Waals surface area contributed by atoms with Crippen molar-refractivity contribution in [3.63, 3.8) is 0 Å². The predicted octanol–water partition coefficient (Wildman–Crippen LogP) is 0.397. The average Bonchev–Trinajstić information content (AvgIpc) is 3.24. The van der Waals surface area contributed by atoms with E-state index in [0.29, 0.717) is 25.4 Å². The quantitative estimate of drug-likeness (QED) is 0.587. The molecular weight excluding hydrogens is 334 g/mol. The molecule has 1 aromatic heterocycles. The number of nitrogens with one attached hydrogen (secondary N) is 2. The van der Waals surface area contributed by atoms with Crippen molar-refractivity contribution in [1.82, 2.24) is 25.6 Å². The number of halogens is 1. The number of urea groups is 1. The van der Waals surface area contributed by atoms with Crippen LogP contribution in [0.1, 0.15) is 44.2 Å². The van der Waals surface area contributed by atoms with Gasteiger partial charge >= 0.3 is 6.03 Å². The van der Waals surface area contributed by atoms with Gasteiger partial charge in [0.2, 0.25) is 0 Å². The number of carbonyl (C=O) groups is 1.